The van der Waals surface area contributed by atoms with Crippen molar-refractivity contribution < 1.29 is 0 Å². The third kappa shape index (κ3) is 1.96. The summed E-state index contributed by atoms with van der Waals surface area (Å²) in [6.45, 7) is 0. The van der Waals surface area contributed by atoms with Crippen molar-refractivity contribution in [1.82, 2.24) is 9.55 Å². The van der Waals surface area contributed by atoms with Crippen molar-refractivity contribution >= 4 is 32.6 Å². The fraction of sp³-hybridized carbons (Fsp3) is 0. The van der Waals surface area contributed by atoms with Gasteiger partial charge in [0.1, 0.15) is 0 Å². The fourth-order valence-electron chi connectivity index (χ4n) is 3.64. The van der Waals surface area contributed by atoms with E-state index in [-0.39, 0.29) is 11.1 Å². The van der Waals surface area contributed by atoms with Crippen LogP contribution >= 0.6 is 0 Å². The van der Waals surface area contributed by atoms with Crippen molar-refractivity contribution in [3.05, 3.63) is 99.6 Å². The molecule has 0 aliphatic carbocycles. The van der Waals surface area contributed by atoms with Crippen molar-refractivity contribution in [3.8, 4) is 5.69 Å². The Morgan fingerprint density at radius 2 is 1.27 bits per heavy atom. The highest BCUT2D eigenvalue weighted by Crippen LogP contribution is 2.27. The molecule has 3 aromatic carbocycles. The number of fused-ring (bicyclic) bond motifs is 5. The second-order valence-corrected chi connectivity index (χ2v) is 6.25. The van der Waals surface area contributed by atoms with Crippen LogP contribution < -0.4 is 11.1 Å². The van der Waals surface area contributed by atoms with Crippen molar-refractivity contribution in [2.45, 2.75) is 0 Å². The molecule has 4 nitrogen and oxygen atoms in total. The monoisotopic (exact) mass is 338 g/mol. The first kappa shape index (κ1) is 14.7. The number of H-pyrrole nitrogens is 1. The number of nitrogens with zero attached hydrogens (tertiary/aromatic N) is 1. The molecule has 2 aromatic heterocycles. The van der Waals surface area contributed by atoms with Crippen LogP contribution in [-0.2, 0) is 0 Å². The number of nitrogens with one attached hydrogen (secondary N) is 1. The Morgan fingerprint density at radius 3 is 2.04 bits per heavy atom. The van der Waals surface area contributed by atoms with E-state index in [4.69, 9.17) is 0 Å². The third-order valence-electron chi connectivity index (χ3n) is 4.76. The predicted octanol–water partition coefficient (Wildman–Crippen LogP) is 3.99. The van der Waals surface area contributed by atoms with Crippen LogP contribution in [0.5, 0.6) is 0 Å². The maximum atomic E-state index is 13.3. The molecular formula is C22H14N2O2. The number of hydrogen-bond donors (Lipinski definition) is 1. The molecule has 0 aliphatic rings. The summed E-state index contributed by atoms with van der Waals surface area (Å²) < 4.78 is 1.65. The quantitative estimate of drug-likeness (QED) is 0.470. The number of aromatic nitrogens is 2. The fourth-order valence-corrected chi connectivity index (χ4v) is 3.64. The molecule has 0 atom stereocenters. The molecule has 0 radical (unpaired) electrons. The lowest BCUT2D eigenvalue weighted by molar-refractivity contribution is 1.06. The lowest BCUT2D eigenvalue weighted by Crippen LogP contribution is -2.22. The number of benzene rings is 3. The predicted molar refractivity (Wildman–Crippen MR) is 105 cm³/mol. The van der Waals surface area contributed by atoms with Crippen molar-refractivity contribution in [2.24, 2.45) is 0 Å². The van der Waals surface area contributed by atoms with Crippen LogP contribution in [0.4, 0.5) is 0 Å². The average molecular weight is 338 g/mol. The number of pyridine rings is 2. The number of para-hydroxylation sites is 2. The van der Waals surface area contributed by atoms with Crippen molar-refractivity contribution in [3.63, 3.8) is 0 Å². The van der Waals surface area contributed by atoms with E-state index in [2.05, 4.69) is 4.98 Å². The Balaban J connectivity index is 2.20. The van der Waals surface area contributed by atoms with Gasteiger partial charge in [0.05, 0.1) is 16.4 Å². The van der Waals surface area contributed by atoms with Gasteiger partial charge in [0.25, 0.3) is 11.1 Å². The minimum absolute atomic E-state index is 0.130. The van der Waals surface area contributed by atoms with Gasteiger partial charge in [-0.3, -0.25) is 14.2 Å². The Hall–Kier alpha value is -3.66. The molecule has 0 fully saturated rings. The van der Waals surface area contributed by atoms with E-state index in [1.807, 2.05) is 72.8 Å². The summed E-state index contributed by atoms with van der Waals surface area (Å²) in [5.41, 5.74) is 1.77. The summed E-state index contributed by atoms with van der Waals surface area (Å²) in [7, 11) is 0. The van der Waals surface area contributed by atoms with Gasteiger partial charge in [-0.1, -0.05) is 54.6 Å². The topological polar surface area (TPSA) is 54.9 Å². The number of hydrogen-bond acceptors (Lipinski definition) is 2. The van der Waals surface area contributed by atoms with Gasteiger partial charge in [0, 0.05) is 21.8 Å². The maximum Gasteiger partial charge on any atom is 0.263 e. The zero-order valence-electron chi connectivity index (χ0n) is 13.8. The lowest BCUT2D eigenvalue weighted by atomic mass is 10.0. The highest BCUT2D eigenvalue weighted by molar-refractivity contribution is 6.14. The highest BCUT2D eigenvalue weighted by atomic mass is 16.1. The van der Waals surface area contributed by atoms with Gasteiger partial charge in [0.15, 0.2) is 0 Å². The Bertz CT molecular complexity index is 1410. The first-order valence-electron chi connectivity index (χ1n) is 8.39. The zero-order valence-corrected chi connectivity index (χ0v) is 13.8. The molecule has 0 saturated heterocycles. The summed E-state index contributed by atoms with van der Waals surface area (Å²) in [6.07, 6.45) is 0. The molecular weight excluding hydrogens is 324 g/mol. The molecule has 0 aliphatic heterocycles. The van der Waals surface area contributed by atoms with E-state index in [9.17, 15) is 9.59 Å². The molecule has 1 N–H and O–H groups in total. The van der Waals surface area contributed by atoms with Crippen LogP contribution in [-0.4, -0.2) is 9.55 Å². The minimum atomic E-state index is -0.195. The molecule has 0 unspecified atom stereocenters. The van der Waals surface area contributed by atoms with E-state index < -0.39 is 0 Å². The Morgan fingerprint density at radius 1 is 0.654 bits per heavy atom. The standard InChI is InChI=1S/C22H14N2O2/c25-21-19-15-10-4-5-11-16(15)22(26)24(14-8-2-1-3-9-14)20(19)17-12-6-7-13-18(17)23-21/h1-13H,(H,23,25). The van der Waals surface area contributed by atoms with Gasteiger partial charge in [-0.15, -0.1) is 0 Å². The summed E-state index contributed by atoms with van der Waals surface area (Å²) in [5, 5.41) is 2.58. The van der Waals surface area contributed by atoms with Crippen LogP contribution in [0.3, 0.4) is 0 Å². The van der Waals surface area contributed by atoms with E-state index in [1.54, 1.807) is 10.6 Å². The average Bonchev–Trinajstić information content (AvgIpc) is 2.69. The lowest BCUT2D eigenvalue weighted by Gasteiger charge is -2.15. The summed E-state index contributed by atoms with van der Waals surface area (Å²) in [5.74, 6) is 0. The van der Waals surface area contributed by atoms with Crippen LogP contribution in [0.25, 0.3) is 38.3 Å². The van der Waals surface area contributed by atoms with Gasteiger partial charge in [0.2, 0.25) is 0 Å². The van der Waals surface area contributed by atoms with Gasteiger partial charge >= 0.3 is 0 Å². The number of rotatable bonds is 1. The molecule has 2 heterocycles. The first-order valence-corrected chi connectivity index (χ1v) is 8.39. The van der Waals surface area contributed by atoms with Crippen LogP contribution in [0.1, 0.15) is 0 Å². The van der Waals surface area contributed by atoms with Gasteiger partial charge < -0.3 is 4.98 Å². The van der Waals surface area contributed by atoms with Crippen LogP contribution in [0.15, 0.2) is 88.5 Å². The summed E-state index contributed by atoms with van der Waals surface area (Å²) in [6, 6.07) is 24.3. The third-order valence-corrected chi connectivity index (χ3v) is 4.76. The molecule has 5 aromatic rings. The van der Waals surface area contributed by atoms with Crippen molar-refractivity contribution in [1.29, 1.82) is 0 Å². The van der Waals surface area contributed by atoms with Gasteiger partial charge in [-0.05, 0) is 24.3 Å². The SMILES string of the molecule is O=c1[nH]c2ccccc2c2c1c1ccccc1c(=O)n2-c1ccccc1. The van der Waals surface area contributed by atoms with Gasteiger partial charge in [-0.2, -0.15) is 0 Å². The van der Waals surface area contributed by atoms with E-state index in [0.717, 1.165) is 11.1 Å². The first-order chi connectivity index (χ1) is 12.8. The Labute approximate surface area is 148 Å². The van der Waals surface area contributed by atoms with E-state index in [1.165, 1.54) is 0 Å². The molecule has 0 spiro atoms. The Kier molecular flexibility index (Phi) is 3.06. The summed E-state index contributed by atoms with van der Waals surface area (Å²) >= 11 is 0. The normalized spacial score (nSPS) is 11.4. The summed E-state index contributed by atoms with van der Waals surface area (Å²) in [4.78, 5) is 29.2. The minimum Gasteiger partial charge on any atom is -0.321 e. The highest BCUT2D eigenvalue weighted by Gasteiger charge is 2.17. The molecule has 0 saturated carbocycles. The molecule has 26 heavy (non-hydrogen) atoms. The molecule has 0 amide bonds. The van der Waals surface area contributed by atoms with E-state index >= 15 is 0 Å². The second-order valence-electron chi connectivity index (χ2n) is 6.25. The molecule has 124 valence electrons. The maximum absolute atomic E-state index is 13.3. The van der Waals surface area contributed by atoms with E-state index in [0.29, 0.717) is 27.2 Å². The smallest absolute Gasteiger partial charge is 0.263 e. The molecule has 0 bridgehead atoms. The number of aromatic amines is 1. The molecule has 5 rings (SSSR count). The largest absolute Gasteiger partial charge is 0.321 e. The second kappa shape index (κ2) is 5.43. The van der Waals surface area contributed by atoms with Gasteiger partial charge in [-0.25, -0.2) is 0 Å². The zero-order chi connectivity index (χ0) is 17.7. The molecule has 4 heteroatoms. The van der Waals surface area contributed by atoms with Crippen LogP contribution in [0, 0.1) is 0 Å². The van der Waals surface area contributed by atoms with Crippen molar-refractivity contribution in [2.75, 3.05) is 0 Å². The van der Waals surface area contributed by atoms with Crippen LogP contribution in [0.2, 0.25) is 0 Å².